The van der Waals surface area contributed by atoms with Crippen molar-refractivity contribution in [2.24, 2.45) is 0 Å². The van der Waals surface area contributed by atoms with Gasteiger partial charge in [0.15, 0.2) is 5.75 Å². The normalized spacial score (nSPS) is 8.40. The van der Waals surface area contributed by atoms with Gasteiger partial charge in [-0.05, 0) is 18.2 Å². The van der Waals surface area contributed by atoms with E-state index in [1.165, 1.54) is 0 Å². The average molecular weight is 136 g/mol. The quantitative estimate of drug-likeness (QED) is 0.456. The summed E-state index contributed by atoms with van der Waals surface area (Å²) in [7, 11) is 0. The standard InChI is InChI=1S/C7H4O3/c8-6-9-10-7-4-2-1-3-5-7/h2-5H. The lowest BCUT2D eigenvalue weighted by molar-refractivity contribution is -0.118. The van der Waals surface area contributed by atoms with Crippen molar-refractivity contribution in [2.45, 2.75) is 0 Å². The lowest BCUT2D eigenvalue weighted by Crippen LogP contribution is -1.92. The number of hydrogen-bond acceptors (Lipinski definition) is 3. The molecular weight excluding hydrogens is 132 g/mol. The second-order valence-electron chi connectivity index (χ2n) is 1.49. The predicted molar refractivity (Wildman–Crippen MR) is 32.7 cm³/mol. The molecule has 0 bridgehead atoms. The molecule has 50 valence electrons. The first kappa shape index (κ1) is 6.61. The molecule has 0 aliphatic heterocycles. The van der Waals surface area contributed by atoms with Gasteiger partial charge in [0.05, 0.1) is 0 Å². The number of carbonyl (C=O) groups excluding carboxylic acids is 1. The summed E-state index contributed by atoms with van der Waals surface area (Å²) in [4.78, 5) is 17.8. The molecule has 1 rings (SSSR count). The fourth-order valence-electron chi connectivity index (χ4n) is 0.492. The van der Waals surface area contributed by atoms with Crippen LogP contribution in [0.4, 0.5) is 0 Å². The van der Waals surface area contributed by atoms with Gasteiger partial charge in [0.1, 0.15) is 0 Å². The van der Waals surface area contributed by atoms with E-state index in [-0.39, 0.29) is 0 Å². The third-order valence-electron chi connectivity index (χ3n) is 0.860. The van der Waals surface area contributed by atoms with Gasteiger partial charge in [-0.1, -0.05) is 12.1 Å². The first-order chi connectivity index (χ1) is 4.93. The van der Waals surface area contributed by atoms with Gasteiger partial charge in [-0.15, -0.1) is 0 Å². The minimum Gasteiger partial charge on any atom is -0.286 e. The van der Waals surface area contributed by atoms with Crippen molar-refractivity contribution in [3.8, 4) is 5.75 Å². The molecule has 0 aliphatic rings. The van der Waals surface area contributed by atoms with E-state index in [1.54, 1.807) is 24.3 Å². The van der Waals surface area contributed by atoms with Crippen LogP contribution < -0.4 is 4.89 Å². The summed E-state index contributed by atoms with van der Waals surface area (Å²) in [6.07, 6.45) is 0. The Morgan fingerprint density at radius 1 is 1.40 bits per heavy atom. The Balaban J connectivity index is 2.50. The van der Waals surface area contributed by atoms with Crippen LogP contribution in [0.3, 0.4) is 0 Å². The largest absolute Gasteiger partial charge is 0.467 e. The Bertz CT molecular complexity index is 195. The number of hydrogen-bond donors (Lipinski definition) is 0. The maximum Gasteiger partial charge on any atom is 0.467 e. The second kappa shape index (κ2) is 3.50. The summed E-state index contributed by atoms with van der Waals surface area (Å²) >= 11 is 0. The first-order valence-corrected chi connectivity index (χ1v) is 2.60. The fraction of sp³-hybridized carbons (Fsp3) is 0. The van der Waals surface area contributed by atoms with Crippen molar-refractivity contribution in [2.75, 3.05) is 0 Å². The summed E-state index contributed by atoms with van der Waals surface area (Å²) in [5.41, 5.74) is 0. The van der Waals surface area contributed by atoms with Crippen LogP contribution in [-0.4, -0.2) is 6.47 Å². The van der Waals surface area contributed by atoms with E-state index < -0.39 is 0 Å². The minimum atomic E-state index is 0.446. The lowest BCUT2D eigenvalue weighted by Gasteiger charge is -1.95. The minimum absolute atomic E-state index is 0.446. The molecule has 10 heavy (non-hydrogen) atoms. The van der Waals surface area contributed by atoms with E-state index in [1.807, 2.05) is 0 Å². The van der Waals surface area contributed by atoms with Crippen LogP contribution in [0.2, 0.25) is 0 Å². The molecule has 0 N–H and O–H groups in total. The zero-order valence-electron chi connectivity index (χ0n) is 5.03. The fourth-order valence-corrected chi connectivity index (χ4v) is 0.492. The molecule has 0 spiro atoms. The van der Waals surface area contributed by atoms with Crippen molar-refractivity contribution < 1.29 is 14.6 Å². The third kappa shape index (κ3) is 1.78. The smallest absolute Gasteiger partial charge is 0.286 e. The van der Waals surface area contributed by atoms with Crippen LogP contribution in [0.5, 0.6) is 5.75 Å². The van der Waals surface area contributed by atoms with Gasteiger partial charge in [-0.3, -0.25) is 4.89 Å². The van der Waals surface area contributed by atoms with E-state index in [9.17, 15) is 4.79 Å². The molecule has 3 nitrogen and oxygen atoms in total. The molecule has 0 atom stereocenters. The Kier molecular flexibility index (Phi) is 2.31. The summed E-state index contributed by atoms with van der Waals surface area (Å²) < 4.78 is 0. The summed E-state index contributed by atoms with van der Waals surface area (Å²) in [6.45, 7) is 1.13. The highest BCUT2D eigenvalue weighted by molar-refractivity contribution is 5.37. The van der Waals surface area contributed by atoms with Gasteiger partial charge >= 0.3 is 6.47 Å². The molecule has 0 saturated carbocycles. The molecule has 0 amide bonds. The van der Waals surface area contributed by atoms with Crippen LogP contribution in [0.15, 0.2) is 24.3 Å². The average Bonchev–Trinajstić information content (AvgIpc) is 2.03. The molecule has 2 radical (unpaired) electrons. The van der Waals surface area contributed by atoms with Crippen LogP contribution in [0, 0.1) is 6.07 Å². The highest BCUT2D eigenvalue weighted by atomic mass is 17.2. The molecule has 0 unspecified atom stereocenters. The molecular formula is C7H4O3. The molecule has 0 aliphatic carbocycles. The monoisotopic (exact) mass is 136 g/mol. The molecule has 0 heterocycles. The van der Waals surface area contributed by atoms with Crippen molar-refractivity contribution in [1.82, 2.24) is 0 Å². The maximum absolute atomic E-state index is 9.50. The molecule has 1 aromatic carbocycles. The SMILES string of the molecule is O=[C]OOc1cc[c]cc1. The second-order valence-corrected chi connectivity index (χ2v) is 1.49. The lowest BCUT2D eigenvalue weighted by atomic mass is 10.3. The van der Waals surface area contributed by atoms with Crippen LogP contribution >= 0.6 is 0 Å². The number of benzene rings is 1. The van der Waals surface area contributed by atoms with Crippen molar-refractivity contribution >= 4 is 6.47 Å². The van der Waals surface area contributed by atoms with Gasteiger partial charge in [-0.2, -0.15) is 0 Å². The summed E-state index contributed by atoms with van der Waals surface area (Å²) in [5, 5.41) is 0. The van der Waals surface area contributed by atoms with E-state index in [0.29, 0.717) is 5.75 Å². The zero-order valence-corrected chi connectivity index (χ0v) is 5.03. The molecule has 0 saturated heterocycles. The Labute approximate surface area is 58.1 Å². The molecule has 1 aromatic rings. The van der Waals surface area contributed by atoms with Gasteiger partial charge in [0.2, 0.25) is 0 Å². The molecule has 0 aromatic heterocycles. The van der Waals surface area contributed by atoms with E-state index in [4.69, 9.17) is 0 Å². The van der Waals surface area contributed by atoms with Crippen LogP contribution in [0.1, 0.15) is 0 Å². The summed E-state index contributed by atoms with van der Waals surface area (Å²) in [5.74, 6) is 0.446. The number of rotatable bonds is 3. The first-order valence-electron chi connectivity index (χ1n) is 2.60. The molecule has 3 heteroatoms. The van der Waals surface area contributed by atoms with Gasteiger partial charge in [-0.25, -0.2) is 9.68 Å². The maximum atomic E-state index is 9.50. The van der Waals surface area contributed by atoms with Gasteiger partial charge in [0.25, 0.3) is 0 Å². The molecule has 0 fully saturated rings. The van der Waals surface area contributed by atoms with Gasteiger partial charge < -0.3 is 0 Å². The Hall–Kier alpha value is -1.51. The van der Waals surface area contributed by atoms with E-state index in [0.717, 1.165) is 6.47 Å². The van der Waals surface area contributed by atoms with Crippen molar-refractivity contribution in [3.05, 3.63) is 30.3 Å². The highest BCUT2D eigenvalue weighted by Gasteiger charge is 1.89. The Morgan fingerprint density at radius 3 is 2.70 bits per heavy atom. The topological polar surface area (TPSA) is 35.5 Å². The van der Waals surface area contributed by atoms with E-state index >= 15 is 0 Å². The predicted octanol–water partition coefficient (Wildman–Crippen LogP) is 0.864. The van der Waals surface area contributed by atoms with Crippen molar-refractivity contribution in [1.29, 1.82) is 0 Å². The Morgan fingerprint density at radius 2 is 2.10 bits per heavy atom. The van der Waals surface area contributed by atoms with Crippen LogP contribution in [0.25, 0.3) is 0 Å². The highest BCUT2D eigenvalue weighted by Crippen LogP contribution is 2.06. The summed E-state index contributed by atoms with van der Waals surface area (Å²) in [6, 6.07) is 9.28. The van der Waals surface area contributed by atoms with Gasteiger partial charge in [0, 0.05) is 0 Å². The third-order valence-corrected chi connectivity index (χ3v) is 0.860. The zero-order chi connectivity index (χ0) is 7.23. The van der Waals surface area contributed by atoms with Crippen molar-refractivity contribution in [3.63, 3.8) is 0 Å². The van der Waals surface area contributed by atoms with Crippen LogP contribution in [-0.2, 0) is 9.68 Å². The van der Waals surface area contributed by atoms with E-state index in [2.05, 4.69) is 15.8 Å².